The predicted octanol–water partition coefficient (Wildman–Crippen LogP) is 4.72. The molecule has 0 radical (unpaired) electrons. The van der Waals surface area contributed by atoms with Crippen molar-refractivity contribution in [3.8, 4) is 5.75 Å². The third-order valence-corrected chi connectivity index (χ3v) is 11.2. The number of phenolic OH excluding ortho intramolecular Hbond substituents is 1. The number of phenols is 1. The normalized spacial score (nSPS) is 31.4. The van der Waals surface area contributed by atoms with E-state index in [4.69, 9.17) is 9.47 Å². The molecule has 7 atom stereocenters. The fourth-order valence-electron chi connectivity index (χ4n) is 8.82. The highest BCUT2D eigenvalue weighted by molar-refractivity contribution is 5.91. The first-order valence-electron chi connectivity index (χ1n) is 15.6. The van der Waals surface area contributed by atoms with Crippen LogP contribution in [0, 0.1) is 38.7 Å². The highest BCUT2D eigenvalue weighted by Gasteiger charge is 2.60. The molecule has 44 heavy (non-hydrogen) atoms. The van der Waals surface area contributed by atoms with E-state index in [1.807, 2.05) is 6.08 Å². The highest BCUT2D eigenvalue weighted by Crippen LogP contribution is 2.65. The zero-order valence-corrected chi connectivity index (χ0v) is 25.6. The summed E-state index contributed by atoms with van der Waals surface area (Å²) in [5.41, 5.74) is 1.13. The van der Waals surface area contributed by atoms with Gasteiger partial charge in [-0.2, -0.15) is 0 Å². The molecule has 2 N–H and O–H groups in total. The Labute approximate surface area is 256 Å². The van der Waals surface area contributed by atoms with E-state index in [1.54, 1.807) is 0 Å². The van der Waals surface area contributed by atoms with Gasteiger partial charge in [-0.15, -0.1) is 0 Å². The topological polar surface area (TPSA) is 162 Å². The molecule has 1 amide bonds. The van der Waals surface area contributed by atoms with Gasteiger partial charge >= 0.3 is 17.6 Å². The maximum absolute atomic E-state index is 13.0. The van der Waals surface area contributed by atoms with Crippen molar-refractivity contribution in [1.82, 2.24) is 5.32 Å². The molecule has 4 aliphatic rings. The predicted molar refractivity (Wildman–Crippen MR) is 158 cm³/mol. The number of nitro benzene ring substituents is 1. The third kappa shape index (κ3) is 5.97. The lowest BCUT2D eigenvalue weighted by Gasteiger charge is -2.57. The summed E-state index contributed by atoms with van der Waals surface area (Å²) in [6.45, 7) is 4.60. The van der Waals surface area contributed by atoms with Gasteiger partial charge in [0.25, 0.3) is 0 Å². The van der Waals surface area contributed by atoms with Crippen molar-refractivity contribution >= 4 is 29.3 Å². The number of nitrogens with zero attached hydrogens (tertiary/aromatic N) is 1. The number of rotatable bonds is 9. The number of carbonyl (C=O) groups is 4. The van der Waals surface area contributed by atoms with Gasteiger partial charge in [-0.3, -0.25) is 24.5 Å². The number of benzene rings is 1. The van der Waals surface area contributed by atoms with Gasteiger partial charge in [0.1, 0.15) is 12.1 Å². The fraction of sp³-hybridized carbons (Fsp3) is 0.636. The van der Waals surface area contributed by atoms with Crippen LogP contribution in [-0.2, 0) is 35.1 Å². The number of hydrogen-bond acceptors (Lipinski definition) is 9. The Hall–Kier alpha value is -3.76. The summed E-state index contributed by atoms with van der Waals surface area (Å²) < 4.78 is 10.8. The number of aromatic hydroxyl groups is 1. The van der Waals surface area contributed by atoms with Crippen LogP contribution in [0.1, 0.15) is 83.6 Å². The second-order valence-corrected chi connectivity index (χ2v) is 13.5. The number of nitro groups is 1. The summed E-state index contributed by atoms with van der Waals surface area (Å²) in [6, 6.07) is 2.58. The van der Waals surface area contributed by atoms with Crippen molar-refractivity contribution in [2.24, 2.45) is 28.6 Å². The fourth-order valence-corrected chi connectivity index (χ4v) is 8.82. The molecule has 3 fully saturated rings. The Kier molecular flexibility index (Phi) is 8.87. The summed E-state index contributed by atoms with van der Waals surface area (Å²) in [5.74, 6) is -0.455. The number of hydrogen-bond donors (Lipinski definition) is 2. The van der Waals surface area contributed by atoms with Gasteiger partial charge in [-0.1, -0.05) is 25.5 Å². The number of ether oxygens (including phenoxy) is 2. The first-order valence-corrected chi connectivity index (χ1v) is 15.6. The molecule has 0 spiro atoms. The molecule has 1 aromatic carbocycles. The van der Waals surface area contributed by atoms with Crippen LogP contribution in [0.2, 0.25) is 0 Å². The molecule has 0 aromatic heterocycles. The van der Waals surface area contributed by atoms with Crippen LogP contribution >= 0.6 is 0 Å². The van der Waals surface area contributed by atoms with E-state index >= 15 is 0 Å². The number of esters is 2. The Morgan fingerprint density at radius 1 is 1.09 bits per heavy atom. The van der Waals surface area contributed by atoms with Crippen LogP contribution in [0.3, 0.4) is 0 Å². The number of allylic oxidation sites excluding steroid dienone is 1. The number of ketones is 1. The Balaban J connectivity index is 1.16. The van der Waals surface area contributed by atoms with E-state index in [0.29, 0.717) is 29.7 Å². The Morgan fingerprint density at radius 3 is 2.59 bits per heavy atom. The minimum atomic E-state index is -1.13. The van der Waals surface area contributed by atoms with Gasteiger partial charge in [0.05, 0.1) is 18.5 Å². The van der Waals surface area contributed by atoms with Crippen molar-refractivity contribution in [2.45, 2.75) is 96.6 Å². The van der Waals surface area contributed by atoms with E-state index in [-0.39, 0.29) is 42.0 Å². The molecule has 5 rings (SSSR count). The number of methoxy groups -OCH3 is 1. The van der Waals surface area contributed by atoms with Crippen LogP contribution < -0.4 is 5.32 Å². The van der Waals surface area contributed by atoms with E-state index in [9.17, 15) is 34.4 Å². The zero-order chi connectivity index (χ0) is 31.8. The average Bonchev–Trinajstić information content (AvgIpc) is 3.32. The van der Waals surface area contributed by atoms with Gasteiger partial charge in [-0.25, -0.2) is 4.79 Å². The largest absolute Gasteiger partial charge is 0.502 e. The lowest BCUT2D eigenvalue weighted by molar-refractivity contribution is -0.385. The van der Waals surface area contributed by atoms with Crippen LogP contribution in [-0.4, -0.2) is 52.9 Å². The smallest absolute Gasteiger partial charge is 0.328 e. The molecule has 0 heterocycles. The maximum Gasteiger partial charge on any atom is 0.328 e. The number of carbonyl (C=O) groups excluding carboxylic acids is 4. The van der Waals surface area contributed by atoms with Crippen LogP contribution in [0.15, 0.2) is 29.8 Å². The molecule has 0 bridgehead atoms. The number of nitrogens with one attached hydrogen (secondary N) is 1. The lowest BCUT2D eigenvalue weighted by Crippen LogP contribution is -2.51. The van der Waals surface area contributed by atoms with E-state index < -0.39 is 40.2 Å². The Morgan fingerprint density at radius 2 is 1.86 bits per heavy atom. The van der Waals surface area contributed by atoms with Gasteiger partial charge in [0, 0.05) is 30.7 Å². The van der Waals surface area contributed by atoms with Gasteiger partial charge in [0.15, 0.2) is 11.5 Å². The summed E-state index contributed by atoms with van der Waals surface area (Å²) in [4.78, 5) is 60.6. The third-order valence-electron chi connectivity index (χ3n) is 11.2. The highest BCUT2D eigenvalue weighted by atomic mass is 16.6. The summed E-state index contributed by atoms with van der Waals surface area (Å²) in [5, 5.41) is 23.4. The van der Waals surface area contributed by atoms with Crippen LogP contribution in [0.25, 0.3) is 0 Å². The minimum Gasteiger partial charge on any atom is -0.502 e. The maximum atomic E-state index is 13.0. The van der Waals surface area contributed by atoms with Gasteiger partial charge < -0.3 is 19.9 Å². The van der Waals surface area contributed by atoms with E-state index in [1.165, 1.54) is 18.7 Å². The van der Waals surface area contributed by atoms with Crippen molar-refractivity contribution in [3.05, 3.63) is 45.5 Å². The number of amides is 1. The molecule has 11 nitrogen and oxygen atoms in total. The van der Waals surface area contributed by atoms with Crippen molar-refractivity contribution in [1.29, 1.82) is 0 Å². The summed E-state index contributed by atoms with van der Waals surface area (Å²) >= 11 is 0. The molecule has 4 aliphatic carbocycles. The van der Waals surface area contributed by atoms with E-state index in [2.05, 4.69) is 19.2 Å². The quantitative estimate of drug-likeness (QED) is 0.229. The second-order valence-electron chi connectivity index (χ2n) is 13.5. The molecule has 3 saturated carbocycles. The van der Waals surface area contributed by atoms with Gasteiger partial charge in [0.2, 0.25) is 5.91 Å². The second kappa shape index (κ2) is 12.3. The molecule has 1 aromatic rings. The molecular formula is C33H42N2O9. The monoisotopic (exact) mass is 610 g/mol. The molecule has 238 valence electrons. The molecule has 0 unspecified atom stereocenters. The standard InChI is InChI=1S/C33H42N2O9/c1-32-14-12-21(36)18-20(32)5-6-22-23-7-9-28(33(23,2)15-13-24(22)32)44-30(39)11-10-29(38)34-25(31(40)43-3)16-19-4-8-27(37)26(17-19)35(41)42/h4,8,17-18,22-25,28,37H,5-7,9-16H2,1-3H3,(H,34,38)/t22-,23-,24+,25+,28-,32+,33+/m1/s1. The summed E-state index contributed by atoms with van der Waals surface area (Å²) in [6.07, 6.45) is 8.66. The van der Waals surface area contributed by atoms with E-state index in [0.717, 1.165) is 57.1 Å². The lowest BCUT2D eigenvalue weighted by atomic mass is 9.47. The Bertz CT molecular complexity index is 1390. The molecule has 0 saturated heterocycles. The number of fused-ring (bicyclic) bond motifs is 5. The van der Waals surface area contributed by atoms with Crippen molar-refractivity contribution in [2.75, 3.05) is 7.11 Å². The summed E-state index contributed by atoms with van der Waals surface area (Å²) in [7, 11) is 1.17. The average molecular weight is 611 g/mol. The van der Waals surface area contributed by atoms with Crippen molar-refractivity contribution in [3.63, 3.8) is 0 Å². The van der Waals surface area contributed by atoms with Crippen LogP contribution in [0.5, 0.6) is 5.75 Å². The molecule has 11 heteroatoms. The van der Waals surface area contributed by atoms with Gasteiger partial charge in [-0.05, 0) is 85.8 Å². The molecular weight excluding hydrogens is 568 g/mol. The minimum absolute atomic E-state index is 0.0827. The molecule has 0 aliphatic heterocycles. The first-order chi connectivity index (χ1) is 20.9. The SMILES string of the molecule is COC(=O)[C@H](Cc1ccc(O)c([N+](=O)[O-])c1)NC(=O)CCC(=O)O[C@@H]1CC[C@@H]2[C@H]3CCC4=CC(=O)CC[C@]4(C)[C@H]3CC[C@@]21C. The van der Waals surface area contributed by atoms with Crippen molar-refractivity contribution < 1.29 is 38.7 Å². The zero-order valence-electron chi connectivity index (χ0n) is 25.6. The van der Waals surface area contributed by atoms with Crippen LogP contribution in [0.4, 0.5) is 5.69 Å². The first kappa shape index (κ1) is 31.7.